The maximum absolute atomic E-state index is 12.7. The summed E-state index contributed by atoms with van der Waals surface area (Å²) in [6.07, 6.45) is 7.95. The van der Waals surface area contributed by atoms with Gasteiger partial charge in [0.1, 0.15) is 0 Å². The Bertz CT molecular complexity index is 657. The Balaban J connectivity index is 1.59. The van der Waals surface area contributed by atoms with Crippen molar-refractivity contribution in [1.82, 2.24) is 15.1 Å². The zero-order valence-electron chi connectivity index (χ0n) is 15.5. The highest BCUT2D eigenvalue weighted by atomic mass is 79.9. The summed E-state index contributed by atoms with van der Waals surface area (Å²) in [6.45, 7) is 0. The molecule has 4 bridgehead atoms. The fourth-order valence-electron chi connectivity index (χ4n) is 5.70. The van der Waals surface area contributed by atoms with Gasteiger partial charge in [-0.2, -0.15) is 5.10 Å². The molecule has 4 fully saturated rings. The zero-order valence-corrected chi connectivity index (χ0v) is 17.0. The quantitative estimate of drug-likeness (QED) is 0.706. The lowest BCUT2D eigenvalue weighted by Gasteiger charge is -2.56. The Morgan fingerprint density at radius 3 is 2.12 bits per heavy atom. The topological polar surface area (TPSA) is 74.6 Å². The molecule has 4 saturated carbocycles. The second-order valence-corrected chi connectivity index (χ2v) is 8.89. The molecule has 144 valence electrons. The van der Waals surface area contributed by atoms with Gasteiger partial charge in [-0.05, 0) is 72.2 Å². The number of nitrogens with one attached hydrogen (secondary N) is 1. The van der Waals surface area contributed by atoms with Crippen LogP contribution in [-0.4, -0.2) is 43.1 Å². The van der Waals surface area contributed by atoms with Crippen molar-refractivity contribution >= 4 is 21.8 Å². The predicted molar refractivity (Wildman–Crippen MR) is 97.3 cm³/mol. The van der Waals surface area contributed by atoms with E-state index >= 15 is 0 Å². The molecular weight excluding hydrogens is 402 g/mol. The lowest BCUT2D eigenvalue weighted by molar-refractivity contribution is -0.362. The number of carbonyl (C=O) groups excluding carboxylic acids is 1. The van der Waals surface area contributed by atoms with Crippen molar-refractivity contribution in [2.75, 3.05) is 21.3 Å². The lowest BCUT2D eigenvalue weighted by Crippen LogP contribution is -2.53. The lowest BCUT2D eigenvalue weighted by atomic mass is 9.53. The third kappa shape index (κ3) is 2.91. The van der Waals surface area contributed by atoms with E-state index in [0.29, 0.717) is 10.2 Å². The summed E-state index contributed by atoms with van der Waals surface area (Å²) in [7, 11) is 4.20. The van der Waals surface area contributed by atoms with Gasteiger partial charge < -0.3 is 14.2 Å². The number of hydrogen-bond donors (Lipinski definition) is 1. The summed E-state index contributed by atoms with van der Waals surface area (Å²) < 4.78 is 18.2. The van der Waals surface area contributed by atoms with Crippen molar-refractivity contribution in [1.29, 1.82) is 0 Å². The van der Waals surface area contributed by atoms with Crippen LogP contribution in [-0.2, 0) is 19.7 Å². The van der Waals surface area contributed by atoms with Crippen LogP contribution in [0, 0.1) is 17.8 Å². The van der Waals surface area contributed by atoms with E-state index in [-0.39, 0.29) is 5.54 Å². The molecule has 26 heavy (non-hydrogen) atoms. The summed E-state index contributed by atoms with van der Waals surface area (Å²) in [5.74, 6) is 2.02. The first-order chi connectivity index (χ1) is 12.4. The van der Waals surface area contributed by atoms with Gasteiger partial charge in [0.2, 0.25) is 0 Å². The molecular formula is C18H26BrN3O4. The maximum atomic E-state index is 12.7. The number of carbonyl (C=O) groups is 1. The third-order valence-electron chi connectivity index (χ3n) is 6.45. The molecule has 7 nitrogen and oxygen atoms in total. The first-order valence-corrected chi connectivity index (χ1v) is 9.95. The zero-order chi connectivity index (χ0) is 18.5. The molecule has 0 aromatic carbocycles. The summed E-state index contributed by atoms with van der Waals surface area (Å²) in [5, 5.41) is 7.29. The van der Waals surface area contributed by atoms with Gasteiger partial charge in [-0.1, -0.05) is 0 Å². The minimum absolute atomic E-state index is 0.0661. The highest BCUT2D eigenvalue weighted by Crippen LogP contribution is 2.58. The van der Waals surface area contributed by atoms with Gasteiger partial charge in [0, 0.05) is 27.5 Å². The van der Waals surface area contributed by atoms with Crippen LogP contribution >= 0.6 is 15.9 Å². The summed E-state index contributed by atoms with van der Waals surface area (Å²) >= 11 is 3.50. The fourth-order valence-corrected chi connectivity index (χ4v) is 6.15. The smallest absolute Gasteiger partial charge is 0.313 e. The van der Waals surface area contributed by atoms with Crippen molar-refractivity contribution in [3.8, 4) is 0 Å². The van der Waals surface area contributed by atoms with E-state index in [1.807, 2.05) is 10.9 Å². The maximum Gasteiger partial charge on any atom is 0.376 e. The number of methoxy groups -OCH3 is 3. The van der Waals surface area contributed by atoms with Crippen LogP contribution in [0.4, 0.5) is 0 Å². The van der Waals surface area contributed by atoms with E-state index in [9.17, 15) is 4.79 Å². The van der Waals surface area contributed by atoms with Gasteiger partial charge >= 0.3 is 6.10 Å². The van der Waals surface area contributed by atoms with Crippen LogP contribution in [0.3, 0.4) is 0 Å². The minimum Gasteiger partial charge on any atom is -0.313 e. The molecule has 0 spiro atoms. The Kier molecular flexibility index (Phi) is 4.66. The van der Waals surface area contributed by atoms with Crippen molar-refractivity contribution < 1.29 is 19.0 Å². The summed E-state index contributed by atoms with van der Waals surface area (Å²) in [4.78, 5) is 12.7. The van der Waals surface area contributed by atoms with E-state index in [4.69, 9.17) is 14.2 Å². The van der Waals surface area contributed by atoms with E-state index < -0.39 is 12.0 Å². The number of hydrogen-bond acceptors (Lipinski definition) is 5. The second kappa shape index (κ2) is 6.58. The minimum atomic E-state index is -1.62. The summed E-state index contributed by atoms with van der Waals surface area (Å²) in [5.41, 5.74) is 0.382. The molecule has 0 radical (unpaired) electrons. The van der Waals surface area contributed by atoms with Gasteiger partial charge in [-0.15, -0.1) is 0 Å². The van der Waals surface area contributed by atoms with E-state index in [0.717, 1.165) is 17.8 Å². The number of rotatable bonds is 6. The SMILES string of the molecule is COC(NC(=O)c1nn(C23CC4CC(CC(C4)C2)C3)cc1Br)(OC)OC. The van der Waals surface area contributed by atoms with Crippen molar-refractivity contribution in [3.05, 3.63) is 16.4 Å². The normalized spacial score (nSPS) is 32.8. The molecule has 4 aliphatic rings. The number of aromatic nitrogens is 2. The molecule has 0 unspecified atom stereocenters. The van der Waals surface area contributed by atoms with Crippen LogP contribution in [0.1, 0.15) is 49.0 Å². The van der Waals surface area contributed by atoms with Gasteiger partial charge in [-0.25, -0.2) is 0 Å². The van der Waals surface area contributed by atoms with Crippen LogP contribution in [0.15, 0.2) is 10.7 Å². The Morgan fingerprint density at radius 1 is 1.15 bits per heavy atom. The average Bonchev–Trinajstić information content (AvgIpc) is 3.01. The van der Waals surface area contributed by atoms with Gasteiger partial charge in [0.05, 0.1) is 10.0 Å². The molecule has 4 aliphatic carbocycles. The van der Waals surface area contributed by atoms with Crippen molar-refractivity contribution in [2.45, 2.75) is 50.2 Å². The Morgan fingerprint density at radius 2 is 1.65 bits per heavy atom. The standard InChI is InChI=1S/C18H26BrN3O4/c1-24-18(25-2,26-3)20-16(23)15-14(19)10-22(21-15)17-7-11-4-12(8-17)6-13(5-11)9-17/h10-13H,4-9H2,1-3H3,(H,20,23). The molecule has 8 heteroatoms. The molecule has 0 saturated heterocycles. The van der Waals surface area contributed by atoms with Crippen LogP contribution < -0.4 is 5.32 Å². The Labute approximate surface area is 161 Å². The van der Waals surface area contributed by atoms with E-state index in [2.05, 4.69) is 26.3 Å². The first-order valence-electron chi connectivity index (χ1n) is 9.16. The van der Waals surface area contributed by atoms with E-state index in [1.165, 1.54) is 59.9 Å². The molecule has 0 aliphatic heterocycles. The number of nitrogens with zero attached hydrogens (tertiary/aromatic N) is 2. The van der Waals surface area contributed by atoms with Gasteiger partial charge in [0.15, 0.2) is 5.69 Å². The fraction of sp³-hybridized carbons (Fsp3) is 0.778. The van der Waals surface area contributed by atoms with Crippen LogP contribution in [0.5, 0.6) is 0 Å². The molecule has 1 N–H and O–H groups in total. The van der Waals surface area contributed by atoms with Crippen LogP contribution in [0.25, 0.3) is 0 Å². The average molecular weight is 428 g/mol. The monoisotopic (exact) mass is 427 g/mol. The number of halogens is 1. The molecule has 0 atom stereocenters. The molecule has 5 rings (SSSR count). The molecule has 1 aromatic heterocycles. The van der Waals surface area contributed by atoms with Gasteiger partial charge in [-0.3, -0.25) is 14.8 Å². The van der Waals surface area contributed by atoms with Crippen molar-refractivity contribution in [3.63, 3.8) is 0 Å². The Hall–Kier alpha value is -0.960. The largest absolute Gasteiger partial charge is 0.376 e. The van der Waals surface area contributed by atoms with Crippen molar-refractivity contribution in [2.24, 2.45) is 17.8 Å². The first kappa shape index (κ1) is 18.4. The van der Waals surface area contributed by atoms with Gasteiger partial charge in [0.25, 0.3) is 5.91 Å². The number of ether oxygens (including phenoxy) is 3. The highest BCUT2D eigenvalue weighted by molar-refractivity contribution is 9.10. The molecule has 1 heterocycles. The third-order valence-corrected chi connectivity index (χ3v) is 7.03. The highest BCUT2D eigenvalue weighted by Gasteiger charge is 2.52. The summed E-state index contributed by atoms with van der Waals surface area (Å²) in [6, 6.07) is 0. The van der Waals surface area contributed by atoms with Crippen LogP contribution in [0.2, 0.25) is 0 Å². The van der Waals surface area contributed by atoms with E-state index in [1.54, 1.807) is 0 Å². The second-order valence-electron chi connectivity index (χ2n) is 8.03. The molecule has 1 amide bonds. The number of amides is 1. The predicted octanol–water partition coefficient (Wildman–Crippen LogP) is 2.85. The molecule has 1 aromatic rings.